The minimum absolute atomic E-state index is 0.641. The van der Waals surface area contributed by atoms with Gasteiger partial charge in [-0.1, -0.05) is 6.92 Å². The molecule has 6 nitrogen and oxygen atoms in total. The molecule has 0 aliphatic carbocycles. The van der Waals surface area contributed by atoms with Crippen LogP contribution in [0.3, 0.4) is 0 Å². The Morgan fingerprint density at radius 2 is 2.28 bits per heavy atom. The minimum Gasteiger partial charge on any atom is -0.381 e. The van der Waals surface area contributed by atoms with E-state index in [0.29, 0.717) is 5.82 Å². The van der Waals surface area contributed by atoms with Crippen molar-refractivity contribution in [3.8, 4) is 0 Å². The molecule has 0 bridgehead atoms. The number of anilines is 2. The number of nitrogens with two attached hydrogens (primary N) is 1. The fourth-order valence-electron chi connectivity index (χ4n) is 1.85. The summed E-state index contributed by atoms with van der Waals surface area (Å²) >= 11 is 0. The first-order valence-electron chi connectivity index (χ1n) is 5.91. The average Bonchev–Trinajstić information content (AvgIpc) is 2.77. The minimum atomic E-state index is 0.641. The highest BCUT2D eigenvalue weighted by atomic mass is 15.3. The van der Waals surface area contributed by atoms with Crippen LogP contribution in [0.4, 0.5) is 11.5 Å². The zero-order valence-corrected chi connectivity index (χ0v) is 10.6. The van der Waals surface area contributed by atoms with E-state index in [2.05, 4.69) is 27.7 Å². The fourth-order valence-corrected chi connectivity index (χ4v) is 1.85. The maximum Gasteiger partial charge on any atom is 0.141 e. The van der Waals surface area contributed by atoms with E-state index < -0.39 is 0 Å². The van der Waals surface area contributed by atoms with Crippen molar-refractivity contribution in [1.29, 1.82) is 0 Å². The van der Waals surface area contributed by atoms with Gasteiger partial charge in [-0.3, -0.25) is 4.68 Å². The van der Waals surface area contributed by atoms with Gasteiger partial charge in [-0.15, -0.1) is 0 Å². The summed E-state index contributed by atoms with van der Waals surface area (Å²) in [4.78, 5) is 4.06. The summed E-state index contributed by atoms with van der Waals surface area (Å²) in [6.07, 6.45) is 4.68. The van der Waals surface area contributed by atoms with Crippen molar-refractivity contribution in [3.05, 3.63) is 35.8 Å². The Morgan fingerprint density at radius 3 is 3.00 bits per heavy atom. The van der Waals surface area contributed by atoms with Gasteiger partial charge in [-0.2, -0.15) is 5.10 Å². The zero-order chi connectivity index (χ0) is 13.0. The van der Waals surface area contributed by atoms with Crippen LogP contribution in [-0.2, 0) is 20.0 Å². The third-order valence-electron chi connectivity index (χ3n) is 2.72. The third kappa shape index (κ3) is 2.78. The normalized spacial score (nSPS) is 10.4. The van der Waals surface area contributed by atoms with Crippen LogP contribution in [0.15, 0.2) is 24.5 Å². The quantitative estimate of drug-likeness (QED) is 0.547. The van der Waals surface area contributed by atoms with Crippen LogP contribution in [0.25, 0.3) is 0 Å². The Kier molecular flexibility index (Phi) is 3.78. The molecule has 0 spiro atoms. The van der Waals surface area contributed by atoms with Crippen molar-refractivity contribution in [1.82, 2.24) is 14.8 Å². The second-order valence-corrected chi connectivity index (χ2v) is 4.06. The van der Waals surface area contributed by atoms with Crippen molar-refractivity contribution in [3.63, 3.8) is 0 Å². The highest BCUT2D eigenvalue weighted by molar-refractivity contribution is 5.51. The summed E-state index contributed by atoms with van der Waals surface area (Å²) in [5, 5.41) is 7.74. The summed E-state index contributed by atoms with van der Waals surface area (Å²) in [5.74, 6) is 5.96. The second-order valence-electron chi connectivity index (χ2n) is 4.06. The number of hydrazine groups is 1. The lowest BCUT2D eigenvalue weighted by Gasteiger charge is -2.07. The van der Waals surface area contributed by atoms with Gasteiger partial charge in [0.25, 0.3) is 0 Å². The number of hydrogen-bond donors (Lipinski definition) is 3. The molecule has 2 heterocycles. The van der Waals surface area contributed by atoms with Crippen molar-refractivity contribution < 1.29 is 0 Å². The Hall–Kier alpha value is -2.08. The molecule has 2 rings (SSSR count). The van der Waals surface area contributed by atoms with E-state index in [1.165, 1.54) is 5.56 Å². The maximum absolute atomic E-state index is 5.32. The SMILES string of the molecule is CCc1nn(C)cc1CNc1ccnc(NN)c1. The smallest absolute Gasteiger partial charge is 0.141 e. The van der Waals surface area contributed by atoms with Crippen molar-refractivity contribution >= 4 is 11.5 Å². The van der Waals surface area contributed by atoms with Crippen LogP contribution in [0.5, 0.6) is 0 Å². The topological polar surface area (TPSA) is 80.8 Å². The molecule has 0 fully saturated rings. The molecule has 0 unspecified atom stereocenters. The van der Waals surface area contributed by atoms with Gasteiger partial charge in [0, 0.05) is 43.3 Å². The van der Waals surface area contributed by atoms with Crippen LogP contribution in [-0.4, -0.2) is 14.8 Å². The number of pyridine rings is 1. The highest BCUT2D eigenvalue weighted by Crippen LogP contribution is 2.14. The molecule has 4 N–H and O–H groups in total. The molecular weight excluding hydrogens is 228 g/mol. The van der Waals surface area contributed by atoms with Gasteiger partial charge in [-0.25, -0.2) is 10.8 Å². The third-order valence-corrected chi connectivity index (χ3v) is 2.72. The summed E-state index contributed by atoms with van der Waals surface area (Å²) in [6, 6.07) is 3.77. The predicted molar refractivity (Wildman–Crippen MR) is 72.0 cm³/mol. The molecule has 0 saturated heterocycles. The number of nitrogens with one attached hydrogen (secondary N) is 2. The number of aryl methyl sites for hydroxylation is 2. The van der Waals surface area contributed by atoms with Gasteiger partial charge in [0.1, 0.15) is 5.82 Å². The first-order chi connectivity index (χ1) is 8.72. The Balaban J connectivity index is 2.06. The molecule has 0 saturated carbocycles. The fraction of sp³-hybridized carbons (Fsp3) is 0.333. The van der Waals surface area contributed by atoms with E-state index in [1.54, 1.807) is 6.20 Å². The Labute approximate surface area is 106 Å². The average molecular weight is 246 g/mol. The van der Waals surface area contributed by atoms with Gasteiger partial charge in [0.05, 0.1) is 5.69 Å². The first-order valence-corrected chi connectivity index (χ1v) is 5.91. The molecule has 6 heteroatoms. The van der Waals surface area contributed by atoms with Gasteiger partial charge < -0.3 is 10.7 Å². The molecule has 0 aromatic carbocycles. The molecule has 96 valence electrons. The first kappa shape index (κ1) is 12.4. The van der Waals surface area contributed by atoms with Gasteiger partial charge >= 0.3 is 0 Å². The van der Waals surface area contributed by atoms with Crippen LogP contribution in [0.1, 0.15) is 18.2 Å². The number of nitrogen functional groups attached to an aromatic ring is 1. The van der Waals surface area contributed by atoms with Gasteiger partial charge in [-0.05, 0) is 12.5 Å². The second kappa shape index (κ2) is 5.50. The predicted octanol–water partition coefficient (Wildman–Crippen LogP) is 1.28. The van der Waals surface area contributed by atoms with E-state index in [9.17, 15) is 0 Å². The zero-order valence-electron chi connectivity index (χ0n) is 10.6. The Bertz CT molecular complexity index is 519. The summed E-state index contributed by atoms with van der Waals surface area (Å²) < 4.78 is 1.84. The van der Waals surface area contributed by atoms with E-state index in [1.807, 2.05) is 30.1 Å². The summed E-state index contributed by atoms with van der Waals surface area (Å²) in [5.41, 5.74) is 5.83. The van der Waals surface area contributed by atoms with Crippen molar-refractivity contribution in [2.24, 2.45) is 12.9 Å². The van der Waals surface area contributed by atoms with Crippen LogP contribution >= 0.6 is 0 Å². The molecular formula is C12H18N6. The number of hydrogen-bond acceptors (Lipinski definition) is 5. The highest BCUT2D eigenvalue weighted by Gasteiger charge is 2.05. The molecule has 0 amide bonds. The van der Waals surface area contributed by atoms with Crippen molar-refractivity contribution in [2.75, 3.05) is 10.7 Å². The van der Waals surface area contributed by atoms with E-state index in [0.717, 1.165) is 24.3 Å². The van der Waals surface area contributed by atoms with Crippen LogP contribution < -0.4 is 16.6 Å². The monoisotopic (exact) mass is 246 g/mol. The standard InChI is InChI=1S/C12H18N6/c1-3-11-9(8-18(2)17-11)7-15-10-4-5-14-12(6-10)16-13/h4-6,8H,3,7,13H2,1-2H3,(H2,14,15,16). The van der Waals surface area contributed by atoms with Crippen LogP contribution in [0, 0.1) is 0 Å². The van der Waals surface area contributed by atoms with E-state index >= 15 is 0 Å². The summed E-state index contributed by atoms with van der Waals surface area (Å²) in [7, 11) is 1.94. The van der Waals surface area contributed by atoms with E-state index in [4.69, 9.17) is 5.84 Å². The molecule has 18 heavy (non-hydrogen) atoms. The largest absolute Gasteiger partial charge is 0.381 e. The number of nitrogens with zero attached hydrogens (tertiary/aromatic N) is 3. The van der Waals surface area contributed by atoms with Crippen LogP contribution in [0.2, 0.25) is 0 Å². The lowest BCUT2D eigenvalue weighted by atomic mass is 10.2. The molecule has 0 aliphatic rings. The molecule has 2 aromatic heterocycles. The summed E-state index contributed by atoms with van der Waals surface area (Å²) in [6.45, 7) is 2.85. The van der Waals surface area contributed by atoms with Gasteiger partial charge in [0.15, 0.2) is 0 Å². The lowest BCUT2D eigenvalue weighted by molar-refractivity contribution is 0.746. The number of rotatable bonds is 5. The molecule has 0 radical (unpaired) electrons. The van der Waals surface area contributed by atoms with E-state index in [-0.39, 0.29) is 0 Å². The van der Waals surface area contributed by atoms with Gasteiger partial charge in [0.2, 0.25) is 0 Å². The number of aromatic nitrogens is 3. The molecule has 0 aliphatic heterocycles. The lowest BCUT2D eigenvalue weighted by Crippen LogP contribution is -2.09. The molecule has 0 atom stereocenters. The molecule has 2 aromatic rings. The maximum atomic E-state index is 5.32. The van der Waals surface area contributed by atoms with Crippen molar-refractivity contribution in [2.45, 2.75) is 19.9 Å². The Morgan fingerprint density at radius 1 is 1.44 bits per heavy atom.